The third-order valence-corrected chi connectivity index (χ3v) is 5.95. The summed E-state index contributed by atoms with van der Waals surface area (Å²) in [5.74, 6) is -0.818. The molecule has 30 heavy (non-hydrogen) atoms. The molecule has 1 aliphatic carbocycles. The van der Waals surface area contributed by atoms with Crippen molar-refractivity contribution in [3.63, 3.8) is 0 Å². The van der Waals surface area contributed by atoms with Crippen LogP contribution in [0.1, 0.15) is 18.9 Å². The zero-order chi connectivity index (χ0) is 21.7. The summed E-state index contributed by atoms with van der Waals surface area (Å²) in [6.07, 6.45) is 2.51. The number of hydrogen-bond acceptors (Lipinski definition) is 6. The summed E-state index contributed by atoms with van der Waals surface area (Å²) in [7, 11) is 0. The molecule has 0 bridgehead atoms. The van der Waals surface area contributed by atoms with E-state index in [1.165, 1.54) is 0 Å². The van der Waals surface area contributed by atoms with Crippen LogP contribution < -0.4 is 5.73 Å². The van der Waals surface area contributed by atoms with Crippen LogP contribution in [0.15, 0.2) is 53.3 Å². The summed E-state index contributed by atoms with van der Waals surface area (Å²) in [4.78, 5) is 13.9. The van der Waals surface area contributed by atoms with Gasteiger partial charge >= 0.3 is 6.09 Å². The van der Waals surface area contributed by atoms with Crippen molar-refractivity contribution >= 4 is 6.09 Å². The fourth-order valence-corrected chi connectivity index (χ4v) is 4.44. The summed E-state index contributed by atoms with van der Waals surface area (Å²) in [5.41, 5.74) is 6.64. The Labute approximate surface area is 176 Å². The molecule has 7 heteroatoms. The number of nitriles is 3. The van der Waals surface area contributed by atoms with E-state index in [4.69, 9.17) is 10.5 Å². The van der Waals surface area contributed by atoms with E-state index in [9.17, 15) is 20.6 Å². The number of hydrogen-bond donors (Lipinski definition) is 1. The molecule has 0 spiro atoms. The molecular weight excluding hydrogens is 378 g/mol. The predicted octanol–water partition coefficient (Wildman–Crippen LogP) is 3.03. The highest BCUT2D eigenvalue weighted by Crippen LogP contribution is 2.51. The molecule has 7 nitrogen and oxygen atoms in total. The van der Waals surface area contributed by atoms with E-state index in [0.717, 1.165) is 11.1 Å². The Hall–Kier alpha value is -3.76. The maximum atomic E-state index is 12.3. The van der Waals surface area contributed by atoms with Crippen molar-refractivity contribution < 1.29 is 9.53 Å². The molecule has 1 aromatic rings. The van der Waals surface area contributed by atoms with E-state index in [1.54, 1.807) is 17.9 Å². The van der Waals surface area contributed by atoms with Gasteiger partial charge in [0.2, 0.25) is 0 Å². The molecular formula is C23H23N5O2. The lowest BCUT2D eigenvalue weighted by Crippen LogP contribution is -2.50. The number of amides is 1. The summed E-state index contributed by atoms with van der Waals surface area (Å²) in [6.45, 7) is 2.55. The van der Waals surface area contributed by atoms with Crippen molar-refractivity contribution in [2.75, 3.05) is 19.7 Å². The molecule has 0 aromatic heterocycles. The first-order chi connectivity index (χ1) is 14.5. The monoisotopic (exact) mass is 401 g/mol. The zero-order valence-corrected chi connectivity index (χ0v) is 16.8. The first-order valence-electron chi connectivity index (χ1n) is 9.91. The van der Waals surface area contributed by atoms with Gasteiger partial charge in [-0.05, 0) is 30.9 Å². The Morgan fingerprint density at radius 2 is 1.97 bits per heavy atom. The van der Waals surface area contributed by atoms with Crippen LogP contribution in [0.25, 0.3) is 0 Å². The molecule has 1 amide bonds. The second-order valence-electron chi connectivity index (χ2n) is 7.43. The summed E-state index contributed by atoms with van der Waals surface area (Å²) < 4.78 is 5.13. The van der Waals surface area contributed by atoms with E-state index in [2.05, 4.69) is 18.2 Å². The van der Waals surface area contributed by atoms with Gasteiger partial charge in [-0.2, -0.15) is 15.8 Å². The van der Waals surface area contributed by atoms with E-state index in [1.807, 2.05) is 30.3 Å². The minimum absolute atomic E-state index is 0.0140. The van der Waals surface area contributed by atoms with Crippen molar-refractivity contribution in [1.29, 1.82) is 15.8 Å². The first kappa shape index (κ1) is 21.0. The summed E-state index contributed by atoms with van der Waals surface area (Å²) >= 11 is 0. The van der Waals surface area contributed by atoms with Gasteiger partial charge in [-0.15, -0.1) is 0 Å². The maximum Gasteiger partial charge on any atom is 0.410 e. The highest BCUT2D eigenvalue weighted by Gasteiger charge is 2.53. The SMILES string of the molecule is CCOC(=O)N1CC=C2C(C#N)=C(N)C(C#N)(C#N)[C@H](CCc3ccccc3)[C@@H]2C1. The van der Waals surface area contributed by atoms with Gasteiger partial charge in [0, 0.05) is 24.9 Å². The minimum atomic E-state index is -1.63. The summed E-state index contributed by atoms with van der Waals surface area (Å²) in [6, 6.07) is 16.1. The zero-order valence-electron chi connectivity index (χ0n) is 16.8. The van der Waals surface area contributed by atoms with Crippen LogP contribution in [0, 0.1) is 51.2 Å². The Morgan fingerprint density at radius 3 is 2.57 bits per heavy atom. The van der Waals surface area contributed by atoms with Gasteiger partial charge in [0.05, 0.1) is 30.0 Å². The minimum Gasteiger partial charge on any atom is -0.450 e. The number of carbonyl (C=O) groups is 1. The lowest BCUT2D eigenvalue weighted by Gasteiger charge is -2.45. The molecule has 0 unspecified atom stereocenters. The summed E-state index contributed by atoms with van der Waals surface area (Å²) in [5, 5.41) is 29.8. The largest absolute Gasteiger partial charge is 0.450 e. The number of nitrogens with two attached hydrogens (primary N) is 1. The fourth-order valence-electron chi connectivity index (χ4n) is 4.44. The topological polar surface area (TPSA) is 127 Å². The van der Waals surface area contributed by atoms with Gasteiger partial charge in [-0.25, -0.2) is 4.79 Å². The van der Waals surface area contributed by atoms with Crippen LogP contribution in [0.3, 0.4) is 0 Å². The standard InChI is InChI=1S/C23H23N5O2/c1-2-30-22(29)28-11-10-17-18(12-24)21(27)23(14-25,15-26)20(19(17)13-28)9-8-16-6-4-3-5-7-16/h3-7,10,19-20H,2,8-9,11,13,27H2,1H3/t19-,20-/m1/s1. The molecule has 0 fully saturated rings. The maximum absolute atomic E-state index is 12.3. The average Bonchev–Trinajstić information content (AvgIpc) is 2.78. The van der Waals surface area contributed by atoms with E-state index in [0.29, 0.717) is 19.4 Å². The van der Waals surface area contributed by atoms with Gasteiger partial charge in [0.1, 0.15) is 6.07 Å². The van der Waals surface area contributed by atoms with Crippen molar-refractivity contribution in [2.24, 2.45) is 23.0 Å². The molecule has 3 rings (SSSR count). The molecule has 0 saturated carbocycles. The van der Waals surface area contributed by atoms with Gasteiger partial charge in [0.15, 0.2) is 5.41 Å². The smallest absolute Gasteiger partial charge is 0.410 e. The molecule has 0 saturated heterocycles. The molecule has 1 heterocycles. The molecule has 152 valence electrons. The van der Waals surface area contributed by atoms with Crippen LogP contribution in [0.5, 0.6) is 0 Å². The molecule has 2 atom stereocenters. The van der Waals surface area contributed by atoms with Crippen molar-refractivity contribution in [3.8, 4) is 18.2 Å². The van der Waals surface area contributed by atoms with E-state index >= 15 is 0 Å². The fraction of sp³-hybridized carbons (Fsp3) is 0.391. The molecule has 2 aliphatic rings. The Bertz CT molecular complexity index is 993. The predicted molar refractivity (Wildman–Crippen MR) is 109 cm³/mol. The number of carbonyl (C=O) groups excluding carboxylic acids is 1. The third-order valence-electron chi connectivity index (χ3n) is 5.95. The second kappa shape index (κ2) is 8.72. The second-order valence-corrected chi connectivity index (χ2v) is 7.43. The van der Waals surface area contributed by atoms with Gasteiger partial charge in [-0.1, -0.05) is 36.4 Å². The van der Waals surface area contributed by atoms with Crippen LogP contribution in [0.2, 0.25) is 0 Å². The number of rotatable bonds is 4. The van der Waals surface area contributed by atoms with Crippen molar-refractivity contribution in [1.82, 2.24) is 4.90 Å². The van der Waals surface area contributed by atoms with Crippen molar-refractivity contribution in [3.05, 3.63) is 58.8 Å². The highest BCUT2D eigenvalue weighted by atomic mass is 16.6. The van der Waals surface area contributed by atoms with Crippen LogP contribution in [0.4, 0.5) is 4.79 Å². The molecule has 2 N–H and O–H groups in total. The lowest BCUT2D eigenvalue weighted by atomic mass is 9.58. The molecule has 1 aliphatic heterocycles. The normalized spacial score (nSPS) is 22.1. The van der Waals surface area contributed by atoms with Crippen molar-refractivity contribution in [2.45, 2.75) is 19.8 Å². The van der Waals surface area contributed by atoms with Gasteiger partial charge < -0.3 is 15.4 Å². The number of allylic oxidation sites excluding steroid dienone is 2. The number of ether oxygens (including phenoxy) is 1. The van der Waals surface area contributed by atoms with E-state index < -0.39 is 17.4 Å². The van der Waals surface area contributed by atoms with E-state index in [-0.39, 0.29) is 30.3 Å². The quantitative estimate of drug-likeness (QED) is 0.826. The first-order valence-corrected chi connectivity index (χ1v) is 9.91. The van der Waals surface area contributed by atoms with Crippen LogP contribution in [-0.2, 0) is 11.2 Å². The third kappa shape index (κ3) is 3.49. The molecule has 1 aromatic carbocycles. The number of fused-ring (bicyclic) bond motifs is 1. The lowest BCUT2D eigenvalue weighted by molar-refractivity contribution is 0.0928. The van der Waals surface area contributed by atoms with Gasteiger partial charge in [0.25, 0.3) is 0 Å². The Balaban J connectivity index is 2.05. The number of benzene rings is 1. The van der Waals surface area contributed by atoms with Gasteiger partial charge in [-0.3, -0.25) is 0 Å². The van der Waals surface area contributed by atoms with Crippen LogP contribution >= 0.6 is 0 Å². The number of aryl methyl sites for hydroxylation is 1. The Morgan fingerprint density at radius 1 is 1.27 bits per heavy atom. The Kier molecular flexibility index (Phi) is 6.09. The molecule has 0 radical (unpaired) electrons. The highest BCUT2D eigenvalue weighted by molar-refractivity contribution is 5.69. The van der Waals surface area contributed by atoms with Crippen LogP contribution in [-0.4, -0.2) is 30.7 Å². The average molecular weight is 401 g/mol. The number of nitrogens with zero attached hydrogens (tertiary/aromatic N) is 4.